The molecular weight excluding hydrogens is 435 g/mol. The summed E-state index contributed by atoms with van der Waals surface area (Å²) in [6.07, 6.45) is -1.89. The van der Waals surface area contributed by atoms with Crippen LogP contribution in [0.4, 0.5) is 23.7 Å². The maximum Gasteiger partial charge on any atom is 0.321 e. The zero-order valence-electron chi connectivity index (χ0n) is 16.3. The fraction of sp³-hybridized carbons (Fsp3) is 0.350. The van der Waals surface area contributed by atoms with Crippen molar-refractivity contribution in [3.05, 3.63) is 60.2 Å². The monoisotopic (exact) mass is 455 g/mol. The van der Waals surface area contributed by atoms with Crippen LogP contribution in [-0.2, 0) is 14.8 Å². The molecule has 0 aliphatic carbocycles. The van der Waals surface area contributed by atoms with E-state index in [0.29, 0.717) is 5.69 Å². The Hall–Kier alpha value is -2.63. The average Bonchev–Trinajstić information content (AvgIpc) is 3.18. The molecule has 2 fully saturated rings. The molecule has 4 rings (SSSR count). The van der Waals surface area contributed by atoms with Crippen molar-refractivity contribution in [1.82, 2.24) is 9.21 Å². The molecule has 2 aromatic carbocycles. The second kappa shape index (κ2) is 8.13. The summed E-state index contributed by atoms with van der Waals surface area (Å²) in [4.78, 5) is 13.5. The van der Waals surface area contributed by atoms with Gasteiger partial charge in [-0.05, 0) is 48.5 Å². The first-order valence-corrected chi connectivity index (χ1v) is 11.0. The molecule has 1 N–H and O–H groups in total. The molecule has 2 atom stereocenters. The standard InChI is InChI=1S/C20H20F3N3O4S/c21-14-1-5-16(6-2-14)24-19(27)25-10-9-20(18(23)13-25)26(11-12-30-20)31(28,29)17-7-3-15(22)4-8-17/h1-8,18H,9-13H2,(H,24,27). The van der Waals surface area contributed by atoms with E-state index in [-0.39, 0.29) is 37.6 Å². The summed E-state index contributed by atoms with van der Waals surface area (Å²) in [6, 6.07) is 8.81. The van der Waals surface area contributed by atoms with Crippen LogP contribution in [0.2, 0.25) is 0 Å². The number of piperidine rings is 1. The molecule has 31 heavy (non-hydrogen) atoms. The first kappa shape index (κ1) is 21.6. The van der Waals surface area contributed by atoms with Crippen molar-refractivity contribution >= 4 is 21.7 Å². The van der Waals surface area contributed by atoms with Gasteiger partial charge in [-0.25, -0.2) is 26.4 Å². The van der Waals surface area contributed by atoms with Gasteiger partial charge in [0.2, 0.25) is 10.0 Å². The number of carbonyl (C=O) groups is 1. The van der Waals surface area contributed by atoms with Gasteiger partial charge < -0.3 is 15.0 Å². The third kappa shape index (κ3) is 4.00. The number of hydrogen-bond acceptors (Lipinski definition) is 4. The number of hydrogen-bond donors (Lipinski definition) is 1. The summed E-state index contributed by atoms with van der Waals surface area (Å²) in [5.74, 6) is -1.04. The van der Waals surface area contributed by atoms with Gasteiger partial charge in [-0.3, -0.25) is 0 Å². The maximum absolute atomic E-state index is 15.3. The molecule has 2 aliphatic rings. The lowest BCUT2D eigenvalue weighted by Gasteiger charge is -2.44. The van der Waals surface area contributed by atoms with E-state index in [1.807, 2.05) is 0 Å². The van der Waals surface area contributed by atoms with E-state index in [1.54, 1.807) is 0 Å². The van der Waals surface area contributed by atoms with E-state index in [4.69, 9.17) is 4.74 Å². The molecule has 0 aromatic heterocycles. The number of nitrogens with zero attached hydrogens (tertiary/aromatic N) is 2. The third-order valence-electron chi connectivity index (χ3n) is 5.46. The van der Waals surface area contributed by atoms with Gasteiger partial charge in [0.15, 0.2) is 11.9 Å². The van der Waals surface area contributed by atoms with Crippen molar-refractivity contribution in [2.45, 2.75) is 23.2 Å². The minimum absolute atomic E-state index is 0.00260. The molecule has 2 unspecified atom stereocenters. The highest BCUT2D eigenvalue weighted by Gasteiger charge is 2.57. The van der Waals surface area contributed by atoms with Gasteiger partial charge in [-0.1, -0.05) is 0 Å². The van der Waals surface area contributed by atoms with Crippen molar-refractivity contribution in [3.8, 4) is 0 Å². The van der Waals surface area contributed by atoms with Crippen LogP contribution in [0.25, 0.3) is 0 Å². The number of urea groups is 1. The van der Waals surface area contributed by atoms with Gasteiger partial charge in [-0.15, -0.1) is 0 Å². The average molecular weight is 455 g/mol. The van der Waals surface area contributed by atoms with Gasteiger partial charge >= 0.3 is 6.03 Å². The summed E-state index contributed by atoms with van der Waals surface area (Å²) in [6.45, 7) is -0.393. The number of carbonyl (C=O) groups excluding carboxylic acids is 1. The zero-order chi connectivity index (χ0) is 22.2. The van der Waals surface area contributed by atoms with Crippen LogP contribution in [0, 0.1) is 11.6 Å². The third-order valence-corrected chi connectivity index (χ3v) is 7.40. The van der Waals surface area contributed by atoms with E-state index < -0.39 is 39.6 Å². The largest absolute Gasteiger partial charge is 0.355 e. The highest BCUT2D eigenvalue weighted by molar-refractivity contribution is 7.89. The number of rotatable bonds is 3. The second-order valence-corrected chi connectivity index (χ2v) is 9.19. The summed E-state index contributed by atoms with van der Waals surface area (Å²) < 4.78 is 74.3. The number of anilines is 1. The molecule has 1 spiro atoms. The number of likely N-dealkylation sites (tertiary alicyclic amines) is 1. The van der Waals surface area contributed by atoms with Crippen LogP contribution in [0.5, 0.6) is 0 Å². The Morgan fingerprint density at radius 3 is 2.26 bits per heavy atom. The number of alkyl halides is 1. The lowest BCUT2D eigenvalue weighted by Crippen LogP contribution is -2.63. The lowest BCUT2D eigenvalue weighted by atomic mass is 9.99. The number of halogens is 3. The van der Waals surface area contributed by atoms with Crippen LogP contribution in [0.15, 0.2) is 53.4 Å². The lowest BCUT2D eigenvalue weighted by molar-refractivity contribution is -0.134. The molecule has 0 bridgehead atoms. The second-order valence-electron chi connectivity index (χ2n) is 7.32. The molecule has 2 saturated heterocycles. The zero-order valence-corrected chi connectivity index (χ0v) is 17.1. The Labute approximate surface area is 177 Å². The molecule has 2 amide bonds. The number of sulfonamides is 1. The smallest absolute Gasteiger partial charge is 0.321 e. The first-order valence-electron chi connectivity index (χ1n) is 9.60. The van der Waals surface area contributed by atoms with Crippen molar-refractivity contribution in [2.24, 2.45) is 0 Å². The van der Waals surface area contributed by atoms with Crippen LogP contribution in [0.3, 0.4) is 0 Å². The Morgan fingerprint density at radius 2 is 1.65 bits per heavy atom. The molecule has 2 aliphatic heterocycles. The number of amides is 2. The fourth-order valence-electron chi connectivity index (χ4n) is 3.87. The number of nitrogens with one attached hydrogen (secondary N) is 1. The van der Waals surface area contributed by atoms with Gasteiger partial charge in [0, 0.05) is 25.2 Å². The van der Waals surface area contributed by atoms with Crippen LogP contribution < -0.4 is 5.32 Å². The van der Waals surface area contributed by atoms with Gasteiger partial charge in [0.1, 0.15) is 11.6 Å². The Bertz CT molecular complexity index is 1070. The van der Waals surface area contributed by atoms with Crippen molar-refractivity contribution in [2.75, 3.05) is 31.6 Å². The minimum atomic E-state index is -4.14. The number of ether oxygens (including phenoxy) is 1. The summed E-state index contributed by atoms with van der Waals surface area (Å²) in [5.41, 5.74) is -1.39. The van der Waals surface area contributed by atoms with E-state index in [9.17, 15) is 22.0 Å². The SMILES string of the molecule is O=C(Nc1ccc(F)cc1)N1CCC2(OCCN2S(=O)(=O)c2ccc(F)cc2)C(F)C1. The quantitative estimate of drug-likeness (QED) is 0.772. The van der Waals surface area contributed by atoms with Gasteiger partial charge in [0.25, 0.3) is 0 Å². The van der Waals surface area contributed by atoms with E-state index >= 15 is 4.39 Å². The minimum Gasteiger partial charge on any atom is -0.355 e. The molecule has 0 saturated carbocycles. The first-order chi connectivity index (χ1) is 14.7. The van der Waals surface area contributed by atoms with Crippen molar-refractivity contribution < 1.29 is 31.1 Å². The molecule has 7 nitrogen and oxygen atoms in total. The predicted molar refractivity (Wildman–Crippen MR) is 105 cm³/mol. The summed E-state index contributed by atoms with van der Waals surface area (Å²) >= 11 is 0. The van der Waals surface area contributed by atoms with E-state index in [2.05, 4.69) is 5.32 Å². The van der Waals surface area contributed by atoms with E-state index in [0.717, 1.165) is 28.6 Å². The van der Waals surface area contributed by atoms with E-state index in [1.165, 1.54) is 29.2 Å². The molecule has 2 heterocycles. The summed E-state index contributed by atoms with van der Waals surface area (Å²) in [7, 11) is -4.14. The van der Waals surface area contributed by atoms with Crippen molar-refractivity contribution in [1.29, 1.82) is 0 Å². The Kier molecular flexibility index (Phi) is 5.67. The molecule has 0 radical (unpaired) electrons. The predicted octanol–water partition coefficient (Wildman–Crippen LogP) is 2.96. The fourth-order valence-corrected chi connectivity index (χ4v) is 5.58. The van der Waals surface area contributed by atoms with Crippen LogP contribution in [0.1, 0.15) is 6.42 Å². The van der Waals surface area contributed by atoms with Crippen LogP contribution >= 0.6 is 0 Å². The molecular formula is C20H20F3N3O4S. The normalized spacial score (nSPS) is 24.5. The molecule has 11 heteroatoms. The highest BCUT2D eigenvalue weighted by Crippen LogP contribution is 2.40. The molecule has 2 aromatic rings. The van der Waals surface area contributed by atoms with Crippen molar-refractivity contribution in [3.63, 3.8) is 0 Å². The van der Waals surface area contributed by atoms with Gasteiger partial charge in [0.05, 0.1) is 18.0 Å². The highest BCUT2D eigenvalue weighted by atomic mass is 32.2. The Balaban J connectivity index is 1.50. The van der Waals surface area contributed by atoms with Gasteiger partial charge in [-0.2, -0.15) is 4.31 Å². The summed E-state index contributed by atoms with van der Waals surface area (Å²) in [5, 5.41) is 2.56. The van der Waals surface area contributed by atoms with Crippen LogP contribution in [-0.4, -0.2) is 61.8 Å². The number of benzene rings is 2. The Morgan fingerprint density at radius 1 is 1.03 bits per heavy atom. The molecule has 166 valence electrons. The topological polar surface area (TPSA) is 79.0 Å². The maximum atomic E-state index is 15.3.